The van der Waals surface area contributed by atoms with Crippen LogP contribution in [0.3, 0.4) is 0 Å². The molecule has 0 unspecified atom stereocenters. The topological polar surface area (TPSA) is 91.8 Å². The van der Waals surface area contributed by atoms with Crippen LogP contribution in [0.2, 0.25) is 5.02 Å². The molecule has 2 N–H and O–H groups in total. The van der Waals surface area contributed by atoms with Gasteiger partial charge in [0.05, 0.1) is 11.6 Å². The third-order valence-electron chi connectivity index (χ3n) is 5.62. The molecule has 0 aliphatic heterocycles. The van der Waals surface area contributed by atoms with Gasteiger partial charge in [-0.15, -0.1) is 0 Å². The van der Waals surface area contributed by atoms with Crippen LogP contribution in [0.4, 0.5) is 19.4 Å². The van der Waals surface area contributed by atoms with Gasteiger partial charge in [0.15, 0.2) is 0 Å². The van der Waals surface area contributed by atoms with Crippen LogP contribution in [-0.4, -0.2) is 52.3 Å². The molecular formula is C26H28ClF2N3O4. The fourth-order valence-corrected chi connectivity index (χ4v) is 3.98. The first kappa shape index (κ1) is 27.3. The van der Waals surface area contributed by atoms with Crippen LogP contribution in [0.5, 0.6) is 0 Å². The number of carbonyl (C=O) groups is 2. The largest absolute Gasteiger partial charge is 0.447 e. The number of amides is 2. The van der Waals surface area contributed by atoms with Gasteiger partial charge in [-0.1, -0.05) is 17.7 Å². The lowest BCUT2D eigenvalue weighted by molar-refractivity contribution is -0.134. The average Bonchev–Trinajstić information content (AvgIpc) is 2.79. The average molecular weight is 520 g/mol. The Balaban J connectivity index is 1.61. The molecule has 0 bridgehead atoms. The molecule has 0 radical (unpaired) electrons. The molecule has 1 atom stereocenters. The summed E-state index contributed by atoms with van der Waals surface area (Å²) in [6, 6.07) is 9.12. The highest BCUT2D eigenvalue weighted by molar-refractivity contribution is 6.31. The number of likely N-dealkylation sites (N-methyl/N-ethyl adjacent to an activating group) is 1. The first-order valence-corrected chi connectivity index (χ1v) is 11.7. The summed E-state index contributed by atoms with van der Waals surface area (Å²) in [7, 11) is 1.56. The first-order valence-electron chi connectivity index (χ1n) is 11.3. The minimum Gasteiger partial charge on any atom is -0.447 e. The molecule has 2 aromatic carbocycles. The molecular weight excluding hydrogens is 492 g/mol. The maximum Gasteiger partial charge on any atom is 0.412 e. The molecule has 1 heterocycles. The zero-order valence-electron chi connectivity index (χ0n) is 20.2. The van der Waals surface area contributed by atoms with E-state index < -0.39 is 29.4 Å². The van der Waals surface area contributed by atoms with Crippen molar-refractivity contribution in [2.24, 2.45) is 0 Å². The van der Waals surface area contributed by atoms with Crippen molar-refractivity contribution in [1.29, 1.82) is 0 Å². The second kappa shape index (κ2) is 11.6. The van der Waals surface area contributed by atoms with Crippen molar-refractivity contribution in [1.82, 2.24) is 9.88 Å². The van der Waals surface area contributed by atoms with Gasteiger partial charge < -0.3 is 14.7 Å². The van der Waals surface area contributed by atoms with Gasteiger partial charge in [-0.05, 0) is 74.0 Å². The highest BCUT2D eigenvalue weighted by atomic mass is 35.5. The number of pyridine rings is 1. The van der Waals surface area contributed by atoms with E-state index in [4.69, 9.17) is 16.3 Å². The van der Waals surface area contributed by atoms with E-state index in [0.29, 0.717) is 22.8 Å². The van der Waals surface area contributed by atoms with Crippen molar-refractivity contribution in [2.75, 3.05) is 19.0 Å². The van der Waals surface area contributed by atoms with E-state index in [1.54, 1.807) is 27.0 Å². The predicted octanol–water partition coefficient (Wildman–Crippen LogP) is 5.34. The van der Waals surface area contributed by atoms with Gasteiger partial charge in [-0.3, -0.25) is 10.1 Å². The van der Waals surface area contributed by atoms with Gasteiger partial charge in [-0.2, -0.15) is 0 Å². The molecule has 10 heteroatoms. The Morgan fingerprint density at radius 1 is 1.14 bits per heavy atom. The summed E-state index contributed by atoms with van der Waals surface area (Å²) in [6.45, 7) is 3.00. The van der Waals surface area contributed by atoms with Gasteiger partial charge in [0.1, 0.15) is 24.1 Å². The summed E-state index contributed by atoms with van der Waals surface area (Å²) in [5, 5.41) is 14.3. The number of hydrogen-bond acceptors (Lipinski definition) is 5. The van der Waals surface area contributed by atoms with Crippen molar-refractivity contribution < 1.29 is 28.2 Å². The van der Waals surface area contributed by atoms with Crippen molar-refractivity contribution >= 4 is 40.2 Å². The van der Waals surface area contributed by atoms with Crippen LogP contribution in [0, 0.1) is 11.6 Å². The lowest BCUT2D eigenvalue weighted by Crippen LogP contribution is -2.45. The van der Waals surface area contributed by atoms with Gasteiger partial charge in [-0.25, -0.2) is 18.6 Å². The minimum absolute atomic E-state index is 0.0912. The lowest BCUT2D eigenvalue weighted by Gasteiger charge is -2.32. The number of ether oxygens (including phenoxy) is 1. The van der Waals surface area contributed by atoms with Crippen LogP contribution in [-0.2, 0) is 16.0 Å². The van der Waals surface area contributed by atoms with E-state index in [0.717, 1.165) is 0 Å². The number of aromatic nitrogens is 1. The summed E-state index contributed by atoms with van der Waals surface area (Å²) in [4.78, 5) is 30.8. The number of rotatable bonds is 9. The summed E-state index contributed by atoms with van der Waals surface area (Å²) in [5.41, 5.74) is -0.499. The molecule has 0 saturated heterocycles. The Morgan fingerprint density at radius 3 is 2.53 bits per heavy atom. The van der Waals surface area contributed by atoms with Crippen molar-refractivity contribution in [2.45, 2.75) is 44.8 Å². The number of nitrogens with one attached hydrogen (secondary N) is 1. The summed E-state index contributed by atoms with van der Waals surface area (Å²) >= 11 is 6.05. The van der Waals surface area contributed by atoms with Crippen molar-refractivity contribution in [3.63, 3.8) is 0 Å². The molecule has 1 aromatic heterocycles. The zero-order chi connectivity index (χ0) is 26.5. The summed E-state index contributed by atoms with van der Waals surface area (Å²) in [6.07, 6.45) is 1.23. The number of aliphatic hydroxyl groups is 1. The molecule has 0 saturated carbocycles. The van der Waals surface area contributed by atoms with Gasteiger partial charge in [0, 0.05) is 30.1 Å². The number of benzene rings is 2. The second-order valence-electron chi connectivity index (χ2n) is 9.20. The van der Waals surface area contributed by atoms with Crippen molar-refractivity contribution in [3.8, 4) is 0 Å². The summed E-state index contributed by atoms with van der Waals surface area (Å²) in [5.74, 6) is -0.949. The van der Waals surface area contributed by atoms with Crippen LogP contribution >= 0.6 is 11.6 Å². The number of aryl methyl sites for hydroxylation is 1. The van der Waals surface area contributed by atoms with Gasteiger partial charge in [0.2, 0.25) is 5.91 Å². The Labute approximate surface area is 213 Å². The monoisotopic (exact) mass is 519 g/mol. The minimum atomic E-state index is -1.14. The molecule has 3 rings (SSSR count). The number of anilines is 1. The van der Waals surface area contributed by atoms with Crippen LogP contribution in [0.25, 0.3) is 10.8 Å². The fraction of sp³-hybridized carbons (Fsp3) is 0.346. The SMILES string of the molecule is CN(C(=O)CCc1ccc(F)cc1Cl)[C@H](COC(=O)Nc1cc2cc(F)ccc2cn1)CC(C)(C)O. The normalized spacial score (nSPS) is 12.3. The third kappa shape index (κ3) is 7.86. The molecule has 36 heavy (non-hydrogen) atoms. The quantitative estimate of drug-likeness (QED) is 0.398. The lowest BCUT2D eigenvalue weighted by atomic mass is 9.98. The van der Waals surface area contributed by atoms with E-state index in [-0.39, 0.29) is 36.2 Å². The number of fused-ring (bicyclic) bond motifs is 1. The maximum atomic E-state index is 13.5. The smallest absolute Gasteiger partial charge is 0.412 e. The third-order valence-corrected chi connectivity index (χ3v) is 5.97. The Morgan fingerprint density at radius 2 is 1.83 bits per heavy atom. The number of halogens is 3. The molecule has 2 amide bonds. The van der Waals surface area contributed by atoms with E-state index >= 15 is 0 Å². The fourth-order valence-electron chi connectivity index (χ4n) is 3.72. The Bertz CT molecular complexity index is 1250. The first-order chi connectivity index (χ1) is 16.9. The molecule has 7 nitrogen and oxygen atoms in total. The van der Waals surface area contributed by atoms with E-state index in [9.17, 15) is 23.5 Å². The highest BCUT2D eigenvalue weighted by Crippen LogP contribution is 2.21. The van der Waals surface area contributed by atoms with Crippen LogP contribution in [0.15, 0.2) is 48.7 Å². The van der Waals surface area contributed by atoms with E-state index in [1.165, 1.54) is 47.5 Å². The molecule has 3 aromatic rings. The van der Waals surface area contributed by atoms with Gasteiger partial charge >= 0.3 is 6.09 Å². The standard InChI is InChI=1S/C26H28ClF2N3O4/c1-26(2,35)13-21(32(3)24(33)9-6-16-4-7-20(29)12-22(16)27)15-36-25(34)31-23-11-18-10-19(28)8-5-17(18)14-30-23/h4-5,7-8,10-12,14,21,35H,6,9,13,15H2,1-3H3,(H,30,31,34)/t21-/m0/s1. The van der Waals surface area contributed by atoms with Crippen LogP contribution < -0.4 is 5.32 Å². The molecule has 0 aliphatic carbocycles. The molecule has 0 aliphatic rings. The summed E-state index contributed by atoms with van der Waals surface area (Å²) < 4.78 is 32.1. The van der Waals surface area contributed by atoms with Gasteiger partial charge in [0.25, 0.3) is 0 Å². The number of nitrogens with zero attached hydrogens (tertiary/aromatic N) is 2. The Kier molecular flexibility index (Phi) is 8.81. The zero-order valence-corrected chi connectivity index (χ0v) is 21.0. The molecule has 0 spiro atoms. The molecule has 192 valence electrons. The maximum absolute atomic E-state index is 13.5. The van der Waals surface area contributed by atoms with Crippen LogP contribution in [0.1, 0.15) is 32.3 Å². The second-order valence-corrected chi connectivity index (χ2v) is 9.60. The number of carbonyl (C=O) groups excluding carboxylic acids is 2. The number of hydrogen-bond donors (Lipinski definition) is 2. The van der Waals surface area contributed by atoms with Crippen molar-refractivity contribution in [3.05, 3.63) is 70.9 Å². The predicted molar refractivity (Wildman–Crippen MR) is 134 cm³/mol. The Hall–Kier alpha value is -3.30. The van der Waals surface area contributed by atoms with E-state index in [2.05, 4.69) is 10.3 Å². The highest BCUT2D eigenvalue weighted by Gasteiger charge is 2.28. The molecule has 0 fully saturated rings. The van der Waals surface area contributed by atoms with E-state index in [1.807, 2.05) is 0 Å².